The molecule has 6 heteroatoms. The Morgan fingerprint density at radius 1 is 1.26 bits per heavy atom. The van der Waals surface area contributed by atoms with Crippen LogP contribution in [0.4, 0.5) is 0 Å². The molecule has 0 spiro atoms. The van der Waals surface area contributed by atoms with Crippen LogP contribution in [0, 0.1) is 11.3 Å². The van der Waals surface area contributed by atoms with E-state index in [-0.39, 0.29) is 17.3 Å². The SMILES string of the molecule is COCCCOCCS(=O)(=O)c1cccc(C#N)c1. The largest absolute Gasteiger partial charge is 0.385 e. The fourth-order valence-electron chi connectivity index (χ4n) is 1.45. The summed E-state index contributed by atoms with van der Waals surface area (Å²) < 4.78 is 34.0. The van der Waals surface area contributed by atoms with Gasteiger partial charge < -0.3 is 9.47 Å². The maximum absolute atomic E-state index is 12.0. The Morgan fingerprint density at radius 2 is 2.05 bits per heavy atom. The number of rotatable bonds is 8. The molecule has 0 bridgehead atoms. The summed E-state index contributed by atoms with van der Waals surface area (Å²) in [6.07, 6.45) is 0.737. The van der Waals surface area contributed by atoms with E-state index in [1.54, 1.807) is 19.2 Å². The molecule has 0 saturated carbocycles. The third-order valence-electron chi connectivity index (χ3n) is 2.46. The second-order valence-corrected chi connectivity index (χ2v) is 6.03. The van der Waals surface area contributed by atoms with Gasteiger partial charge in [-0.05, 0) is 24.6 Å². The lowest BCUT2D eigenvalue weighted by molar-refractivity contribution is 0.112. The van der Waals surface area contributed by atoms with Crippen molar-refractivity contribution in [2.45, 2.75) is 11.3 Å². The first-order valence-electron chi connectivity index (χ1n) is 5.90. The van der Waals surface area contributed by atoms with Crippen LogP contribution in [0.3, 0.4) is 0 Å². The molecule has 0 fully saturated rings. The van der Waals surface area contributed by atoms with Crippen LogP contribution in [-0.4, -0.2) is 41.1 Å². The average Bonchev–Trinajstić information content (AvgIpc) is 2.43. The number of hydrogen-bond acceptors (Lipinski definition) is 5. The smallest absolute Gasteiger partial charge is 0.180 e. The molecule has 0 unspecified atom stereocenters. The zero-order chi connectivity index (χ0) is 14.1. The van der Waals surface area contributed by atoms with Crippen LogP contribution in [0.5, 0.6) is 0 Å². The van der Waals surface area contributed by atoms with E-state index >= 15 is 0 Å². The number of methoxy groups -OCH3 is 1. The highest BCUT2D eigenvalue weighted by atomic mass is 32.2. The summed E-state index contributed by atoms with van der Waals surface area (Å²) in [6.45, 7) is 1.21. The Morgan fingerprint density at radius 3 is 2.74 bits per heavy atom. The Kier molecular flexibility index (Phi) is 6.50. The Labute approximate surface area is 113 Å². The van der Waals surface area contributed by atoms with E-state index in [9.17, 15) is 8.42 Å². The highest BCUT2D eigenvalue weighted by Crippen LogP contribution is 2.12. The van der Waals surface area contributed by atoms with Crippen molar-refractivity contribution in [2.75, 3.05) is 32.7 Å². The molecule has 0 aliphatic heterocycles. The normalized spacial score (nSPS) is 11.2. The summed E-state index contributed by atoms with van der Waals surface area (Å²) >= 11 is 0. The van der Waals surface area contributed by atoms with Gasteiger partial charge in [0.2, 0.25) is 0 Å². The Bertz CT molecular complexity index is 534. The number of nitrogens with zero attached hydrogens (tertiary/aromatic N) is 1. The fourth-order valence-corrected chi connectivity index (χ4v) is 2.62. The predicted octanol–water partition coefficient (Wildman–Crippen LogP) is 1.39. The number of benzene rings is 1. The summed E-state index contributed by atoms with van der Waals surface area (Å²) in [5, 5.41) is 8.74. The molecular weight excluding hydrogens is 266 g/mol. The summed E-state index contributed by atoms with van der Waals surface area (Å²) in [5.74, 6) is -0.0884. The summed E-state index contributed by atoms with van der Waals surface area (Å²) in [7, 11) is -1.79. The van der Waals surface area contributed by atoms with Crippen LogP contribution in [0.15, 0.2) is 29.2 Å². The van der Waals surface area contributed by atoms with Crippen molar-refractivity contribution in [1.29, 1.82) is 5.26 Å². The number of ether oxygens (including phenoxy) is 2. The first-order valence-corrected chi connectivity index (χ1v) is 7.55. The zero-order valence-corrected chi connectivity index (χ0v) is 11.6. The van der Waals surface area contributed by atoms with Crippen molar-refractivity contribution in [3.05, 3.63) is 29.8 Å². The van der Waals surface area contributed by atoms with E-state index in [0.29, 0.717) is 18.8 Å². The van der Waals surface area contributed by atoms with Crippen LogP contribution < -0.4 is 0 Å². The van der Waals surface area contributed by atoms with Gasteiger partial charge in [-0.1, -0.05) is 6.07 Å². The monoisotopic (exact) mass is 283 g/mol. The molecule has 0 aliphatic carbocycles. The number of sulfone groups is 1. The Hall–Kier alpha value is -1.42. The fraction of sp³-hybridized carbons (Fsp3) is 0.462. The van der Waals surface area contributed by atoms with E-state index in [4.69, 9.17) is 14.7 Å². The second-order valence-electron chi connectivity index (χ2n) is 3.92. The highest BCUT2D eigenvalue weighted by molar-refractivity contribution is 7.91. The van der Waals surface area contributed by atoms with Crippen LogP contribution in [0.2, 0.25) is 0 Å². The average molecular weight is 283 g/mol. The number of nitriles is 1. The summed E-state index contributed by atoms with van der Waals surface area (Å²) in [6, 6.07) is 7.91. The van der Waals surface area contributed by atoms with Gasteiger partial charge in [0, 0.05) is 20.3 Å². The Balaban J connectivity index is 2.49. The van der Waals surface area contributed by atoms with Gasteiger partial charge in [0.05, 0.1) is 28.9 Å². The van der Waals surface area contributed by atoms with E-state index in [0.717, 1.165) is 6.42 Å². The third kappa shape index (κ3) is 5.39. The van der Waals surface area contributed by atoms with Crippen molar-refractivity contribution < 1.29 is 17.9 Å². The molecule has 5 nitrogen and oxygen atoms in total. The molecule has 0 aliphatic rings. The molecule has 0 saturated heterocycles. The zero-order valence-electron chi connectivity index (χ0n) is 10.8. The van der Waals surface area contributed by atoms with Crippen molar-refractivity contribution in [3.8, 4) is 6.07 Å². The lowest BCUT2D eigenvalue weighted by atomic mass is 10.2. The minimum absolute atomic E-state index is 0.0884. The molecule has 1 aromatic carbocycles. The van der Waals surface area contributed by atoms with E-state index < -0.39 is 9.84 Å². The van der Waals surface area contributed by atoms with Crippen molar-refractivity contribution >= 4 is 9.84 Å². The van der Waals surface area contributed by atoms with Gasteiger partial charge in [0.15, 0.2) is 9.84 Å². The van der Waals surface area contributed by atoms with Crippen molar-refractivity contribution in [1.82, 2.24) is 0 Å². The third-order valence-corrected chi connectivity index (χ3v) is 4.13. The molecule has 0 aromatic heterocycles. The maximum atomic E-state index is 12.0. The lowest BCUT2D eigenvalue weighted by Gasteiger charge is -2.06. The molecule has 1 aromatic rings. The minimum atomic E-state index is -3.39. The van der Waals surface area contributed by atoms with Gasteiger partial charge >= 0.3 is 0 Å². The molecule has 0 N–H and O–H groups in total. The van der Waals surface area contributed by atoms with Crippen molar-refractivity contribution in [2.24, 2.45) is 0 Å². The molecule has 0 radical (unpaired) electrons. The van der Waals surface area contributed by atoms with Crippen molar-refractivity contribution in [3.63, 3.8) is 0 Å². The summed E-state index contributed by atoms with van der Waals surface area (Å²) in [4.78, 5) is 0.159. The van der Waals surface area contributed by atoms with Gasteiger partial charge in [-0.3, -0.25) is 0 Å². The van der Waals surface area contributed by atoms with E-state index in [1.165, 1.54) is 12.1 Å². The highest BCUT2D eigenvalue weighted by Gasteiger charge is 2.14. The van der Waals surface area contributed by atoms with E-state index in [2.05, 4.69) is 0 Å². The molecule has 0 amide bonds. The first kappa shape index (κ1) is 15.6. The van der Waals surface area contributed by atoms with Gasteiger partial charge in [0.25, 0.3) is 0 Å². The molecule has 0 heterocycles. The number of hydrogen-bond donors (Lipinski definition) is 0. The quantitative estimate of drug-likeness (QED) is 0.674. The maximum Gasteiger partial charge on any atom is 0.180 e. The molecule has 19 heavy (non-hydrogen) atoms. The molecule has 0 atom stereocenters. The van der Waals surface area contributed by atoms with Gasteiger partial charge in [-0.15, -0.1) is 0 Å². The van der Waals surface area contributed by atoms with Gasteiger partial charge in [-0.25, -0.2) is 8.42 Å². The molecular formula is C13H17NO4S. The second kappa shape index (κ2) is 7.89. The van der Waals surface area contributed by atoms with Gasteiger partial charge in [0.1, 0.15) is 0 Å². The molecule has 104 valence electrons. The lowest BCUT2D eigenvalue weighted by Crippen LogP contribution is -2.13. The minimum Gasteiger partial charge on any atom is -0.385 e. The van der Waals surface area contributed by atoms with E-state index in [1.807, 2.05) is 6.07 Å². The van der Waals surface area contributed by atoms with Gasteiger partial charge in [-0.2, -0.15) is 5.26 Å². The van der Waals surface area contributed by atoms with Crippen LogP contribution >= 0.6 is 0 Å². The summed E-state index contributed by atoms with van der Waals surface area (Å²) in [5.41, 5.74) is 0.335. The van der Waals surface area contributed by atoms with Crippen LogP contribution in [0.1, 0.15) is 12.0 Å². The van der Waals surface area contributed by atoms with Crippen LogP contribution in [0.25, 0.3) is 0 Å². The predicted molar refractivity (Wildman–Crippen MR) is 70.5 cm³/mol. The van der Waals surface area contributed by atoms with Crippen LogP contribution in [-0.2, 0) is 19.3 Å². The standard InChI is InChI=1S/C13H17NO4S/c1-17-6-3-7-18-8-9-19(15,16)13-5-2-4-12(10-13)11-14/h2,4-5,10H,3,6-9H2,1H3. The topological polar surface area (TPSA) is 76.4 Å². The first-order chi connectivity index (χ1) is 9.10. The molecule has 1 rings (SSSR count).